The lowest BCUT2D eigenvalue weighted by molar-refractivity contribution is 0.306. The minimum atomic E-state index is 0.341. The minimum absolute atomic E-state index is 0.341. The molecule has 29 heavy (non-hydrogen) atoms. The molecule has 0 N–H and O–H groups in total. The third-order valence-corrected chi connectivity index (χ3v) is 5.48. The van der Waals surface area contributed by atoms with E-state index in [9.17, 15) is 5.26 Å². The zero-order valence-corrected chi connectivity index (χ0v) is 17.0. The Morgan fingerprint density at radius 3 is 2.76 bits per heavy atom. The number of hydrogen-bond acceptors (Lipinski definition) is 5. The van der Waals surface area contributed by atoms with Crippen LogP contribution in [0.2, 0.25) is 5.02 Å². The van der Waals surface area contributed by atoms with Gasteiger partial charge >= 0.3 is 0 Å². The number of oxazole rings is 1. The van der Waals surface area contributed by atoms with Crippen molar-refractivity contribution in [2.24, 2.45) is 5.92 Å². The molecule has 6 heteroatoms. The van der Waals surface area contributed by atoms with Gasteiger partial charge in [0.05, 0.1) is 0 Å². The van der Waals surface area contributed by atoms with Crippen LogP contribution in [0.4, 0.5) is 5.88 Å². The maximum atomic E-state index is 9.49. The predicted octanol–water partition coefficient (Wildman–Crippen LogP) is 5.68. The number of halogens is 1. The Kier molecular flexibility index (Phi) is 5.73. The number of rotatable bonds is 5. The number of ether oxygens (including phenoxy) is 1. The molecule has 0 amide bonds. The van der Waals surface area contributed by atoms with Crippen LogP contribution in [0.25, 0.3) is 11.5 Å². The van der Waals surface area contributed by atoms with Crippen LogP contribution >= 0.6 is 11.6 Å². The highest BCUT2D eigenvalue weighted by atomic mass is 35.5. The largest absolute Gasteiger partial charge is 0.489 e. The molecule has 0 aliphatic carbocycles. The second kappa shape index (κ2) is 8.59. The second-order valence-corrected chi connectivity index (χ2v) is 7.79. The Morgan fingerprint density at radius 1 is 1.24 bits per heavy atom. The first-order chi connectivity index (χ1) is 14.1. The number of benzene rings is 2. The normalized spacial score (nSPS) is 16.4. The van der Waals surface area contributed by atoms with E-state index in [0.29, 0.717) is 35.0 Å². The van der Waals surface area contributed by atoms with E-state index in [1.165, 1.54) is 6.42 Å². The summed E-state index contributed by atoms with van der Waals surface area (Å²) in [7, 11) is 0. The van der Waals surface area contributed by atoms with Crippen molar-refractivity contribution in [2.75, 3.05) is 18.0 Å². The quantitative estimate of drug-likeness (QED) is 0.544. The van der Waals surface area contributed by atoms with Crippen molar-refractivity contribution in [3.8, 4) is 23.3 Å². The molecular weight excluding hydrogens is 386 g/mol. The first-order valence-electron chi connectivity index (χ1n) is 9.76. The van der Waals surface area contributed by atoms with E-state index in [0.717, 1.165) is 36.4 Å². The molecule has 0 bridgehead atoms. The van der Waals surface area contributed by atoms with Gasteiger partial charge < -0.3 is 14.1 Å². The summed E-state index contributed by atoms with van der Waals surface area (Å²) in [5.41, 5.74) is 2.08. The van der Waals surface area contributed by atoms with Crippen LogP contribution in [0.3, 0.4) is 0 Å². The van der Waals surface area contributed by atoms with Crippen LogP contribution in [0.5, 0.6) is 5.75 Å². The summed E-state index contributed by atoms with van der Waals surface area (Å²) in [5.74, 6) is 2.34. The van der Waals surface area contributed by atoms with Gasteiger partial charge in [-0.25, -0.2) is 0 Å². The zero-order valence-electron chi connectivity index (χ0n) is 16.3. The van der Waals surface area contributed by atoms with Gasteiger partial charge in [-0.05, 0) is 49.1 Å². The summed E-state index contributed by atoms with van der Waals surface area (Å²) in [5, 5.41) is 10.2. The van der Waals surface area contributed by atoms with Gasteiger partial charge in [0.1, 0.15) is 18.4 Å². The average molecular weight is 408 g/mol. The molecule has 1 aliphatic rings. The second-order valence-electron chi connectivity index (χ2n) is 7.38. The smallest absolute Gasteiger partial charge is 0.235 e. The maximum absolute atomic E-state index is 9.49. The van der Waals surface area contributed by atoms with Crippen LogP contribution in [-0.4, -0.2) is 18.1 Å². The molecule has 0 radical (unpaired) electrons. The first-order valence-corrected chi connectivity index (χ1v) is 10.1. The van der Waals surface area contributed by atoms with Gasteiger partial charge in [-0.1, -0.05) is 36.7 Å². The van der Waals surface area contributed by atoms with E-state index < -0.39 is 0 Å². The Morgan fingerprint density at radius 2 is 2.03 bits per heavy atom. The number of piperidine rings is 1. The lowest BCUT2D eigenvalue weighted by atomic mass is 10.0. The summed E-state index contributed by atoms with van der Waals surface area (Å²) < 4.78 is 11.8. The highest BCUT2D eigenvalue weighted by Crippen LogP contribution is 2.31. The van der Waals surface area contributed by atoms with Crippen molar-refractivity contribution in [3.63, 3.8) is 0 Å². The van der Waals surface area contributed by atoms with Gasteiger partial charge in [-0.15, -0.1) is 0 Å². The standard InChI is InChI=1S/C23H22ClN3O2/c1-16-5-4-12-27(14-16)23-21(13-25)26-22(29-23)17-8-10-19(11-9-17)28-15-18-6-2-3-7-20(18)24/h2-3,6-11,16H,4-5,12,14-15H2,1H3/t16-/m0/s1. The highest BCUT2D eigenvalue weighted by Gasteiger charge is 2.24. The van der Waals surface area contributed by atoms with Crippen molar-refractivity contribution in [3.05, 3.63) is 64.8 Å². The summed E-state index contributed by atoms with van der Waals surface area (Å²) in [4.78, 5) is 6.54. The number of aromatic nitrogens is 1. The molecule has 3 aromatic rings. The molecule has 5 nitrogen and oxygen atoms in total. The topological polar surface area (TPSA) is 62.3 Å². The molecule has 1 fully saturated rings. The molecule has 1 aliphatic heterocycles. The fourth-order valence-corrected chi connectivity index (χ4v) is 3.76. The monoisotopic (exact) mass is 407 g/mol. The van der Waals surface area contributed by atoms with Crippen LogP contribution < -0.4 is 9.64 Å². The van der Waals surface area contributed by atoms with Crippen molar-refractivity contribution in [1.82, 2.24) is 4.98 Å². The lowest BCUT2D eigenvalue weighted by Crippen LogP contribution is -2.34. The summed E-state index contributed by atoms with van der Waals surface area (Å²) in [6.07, 6.45) is 2.30. The summed E-state index contributed by atoms with van der Waals surface area (Å²) >= 11 is 6.17. The van der Waals surface area contributed by atoms with Crippen molar-refractivity contribution < 1.29 is 9.15 Å². The SMILES string of the molecule is C[C@H]1CCCN(c2oc(-c3ccc(OCc4ccccc4Cl)cc3)nc2C#N)C1. The molecule has 0 unspecified atom stereocenters. The Labute approximate surface area is 175 Å². The molecule has 1 saturated heterocycles. The fourth-order valence-electron chi connectivity index (χ4n) is 3.57. The third-order valence-electron chi connectivity index (χ3n) is 5.11. The Hall–Kier alpha value is -2.97. The first kappa shape index (κ1) is 19.4. The van der Waals surface area contributed by atoms with Crippen molar-refractivity contribution in [1.29, 1.82) is 5.26 Å². The van der Waals surface area contributed by atoms with Crippen molar-refractivity contribution >= 4 is 17.5 Å². The molecule has 0 spiro atoms. The van der Waals surface area contributed by atoms with Gasteiger partial charge in [-0.2, -0.15) is 10.2 Å². The van der Waals surface area contributed by atoms with Crippen LogP contribution in [0.1, 0.15) is 31.0 Å². The summed E-state index contributed by atoms with van der Waals surface area (Å²) in [6.45, 7) is 4.39. The minimum Gasteiger partial charge on any atom is -0.489 e. The lowest BCUT2D eigenvalue weighted by Gasteiger charge is -2.30. The molecule has 4 rings (SSSR count). The van der Waals surface area contributed by atoms with E-state index in [1.54, 1.807) is 0 Å². The van der Waals surface area contributed by atoms with Crippen LogP contribution in [-0.2, 0) is 6.61 Å². The van der Waals surface area contributed by atoms with Gasteiger partial charge in [-0.3, -0.25) is 0 Å². The van der Waals surface area contributed by atoms with Crippen LogP contribution in [0.15, 0.2) is 52.9 Å². The fraction of sp³-hybridized carbons (Fsp3) is 0.304. The van der Waals surface area contributed by atoms with Gasteiger partial charge in [0.25, 0.3) is 0 Å². The molecular formula is C23H22ClN3O2. The Balaban J connectivity index is 1.49. The maximum Gasteiger partial charge on any atom is 0.235 e. The molecule has 0 saturated carbocycles. The number of hydrogen-bond donors (Lipinski definition) is 0. The molecule has 2 heterocycles. The average Bonchev–Trinajstić information content (AvgIpc) is 3.18. The van der Waals surface area contributed by atoms with E-state index in [1.807, 2.05) is 48.5 Å². The molecule has 2 aromatic carbocycles. The zero-order chi connectivity index (χ0) is 20.2. The van der Waals surface area contributed by atoms with Gasteiger partial charge in [0.15, 0.2) is 0 Å². The van der Waals surface area contributed by atoms with E-state index >= 15 is 0 Å². The number of anilines is 1. The molecule has 1 atom stereocenters. The van der Waals surface area contributed by atoms with Crippen LogP contribution in [0, 0.1) is 17.2 Å². The number of nitrogens with zero attached hydrogens (tertiary/aromatic N) is 3. The third kappa shape index (κ3) is 4.38. The molecule has 1 aromatic heterocycles. The highest BCUT2D eigenvalue weighted by molar-refractivity contribution is 6.31. The molecule has 148 valence electrons. The van der Waals surface area contributed by atoms with Crippen molar-refractivity contribution in [2.45, 2.75) is 26.4 Å². The van der Waals surface area contributed by atoms with Gasteiger partial charge in [0.2, 0.25) is 17.5 Å². The Bertz CT molecular complexity index is 1020. The van der Waals surface area contributed by atoms with E-state index in [-0.39, 0.29) is 0 Å². The number of nitriles is 1. The predicted molar refractivity (Wildman–Crippen MR) is 113 cm³/mol. The van der Waals surface area contributed by atoms with E-state index in [2.05, 4.69) is 22.9 Å². The summed E-state index contributed by atoms with van der Waals surface area (Å²) in [6, 6.07) is 17.3. The van der Waals surface area contributed by atoms with Gasteiger partial charge in [0, 0.05) is 29.2 Å². The van der Waals surface area contributed by atoms with E-state index in [4.69, 9.17) is 20.8 Å².